The van der Waals surface area contributed by atoms with Gasteiger partial charge in [-0.1, -0.05) is 52.7 Å². The van der Waals surface area contributed by atoms with Crippen LogP contribution in [0, 0.1) is 19.7 Å². The van der Waals surface area contributed by atoms with E-state index in [9.17, 15) is 4.39 Å². The maximum absolute atomic E-state index is 13.2. The van der Waals surface area contributed by atoms with Gasteiger partial charge in [0.1, 0.15) is 5.82 Å². The minimum atomic E-state index is -0.211. The highest BCUT2D eigenvalue weighted by Gasteiger charge is 2.15. The lowest BCUT2D eigenvalue weighted by Gasteiger charge is -2.21. The molecule has 1 unspecified atom stereocenters. The summed E-state index contributed by atoms with van der Waals surface area (Å²) in [4.78, 5) is 0. The average Bonchev–Trinajstić information content (AvgIpc) is 2.41. The van der Waals surface area contributed by atoms with E-state index in [2.05, 4.69) is 60.2 Å². The third kappa shape index (κ3) is 4.14. The first kappa shape index (κ1) is 16.2. The second kappa shape index (κ2) is 7.19. The van der Waals surface area contributed by atoms with E-state index >= 15 is 0 Å². The van der Waals surface area contributed by atoms with Crippen LogP contribution in [0.15, 0.2) is 40.9 Å². The molecule has 2 aromatic rings. The van der Waals surface area contributed by atoms with Crippen molar-refractivity contribution in [3.63, 3.8) is 0 Å². The minimum absolute atomic E-state index is 0.211. The molecule has 0 heterocycles. The van der Waals surface area contributed by atoms with Gasteiger partial charge >= 0.3 is 0 Å². The van der Waals surface area contributed by atoms with Crippen molar-refractivity contribution in [2.75, 3.05) is 6.54 Å². The van der Waals surface area contributed by atoms with Crippen molar-refractivity contribution in [3.05, 3.63) is 68.9 Å². The molecule has 0 fully saturated rings. The fraction of sp³-hybridized carbons (Fsp3) is 0.333. The highest BCUT2D eigenvalue weighted by molar-refractivity contribution is 9.10. The molecule has 0 aliphatic heterocycles. The van der Waals surface area contributed by atoms with Gasteiger partial charge in [0.25, 0.3) is 0 Å². The Bertz CT molecular complexity index is 625. The Hall–Kier alpha value is -1.19. The quantitative estimate of drug-likeness (QED) is 0.791. The summed E-state index contributed by atoms with van der Waals surface area (Å²) in [7, 11) is 0. The van der Waals surface area contributed by atoms with Crippen LogP contribution in [0.4, 0.5) is 4.39 Å². The van der Waals surface area contributed by atoms with Gasteiger partial charge in [0.05, 0.1) is 0 Å². The van der Waals surface area contributed by atoms with Gasteiger partial charge in [-0.3, -0.25) is 0 Å². The summed E-state index contributed by atoms with van der Waals surface area (Å²) in [6.45, 7) is 7.26. The maximum atomic E-state index is 13.2. The van der Waals surface area contributed by atoms with Gasteiger partial charge in [0.15, 0.2) is 0 Å². The van der Waals surface area contributed by atoms with Crippen molar-refractivity contribution in [1.82, 2.24) is 5.32 Å². The van der Waals surface area contributed by atoms with Gasteiger partial charge in [-0.05, 0) is 55.6 Å². The van der Waals surface area contributed by atoms with E-state index in [1.54, 1.807) is 0 Å². The molecule has 0 aliphatic carbocycles. The predicted octanol–water partition coefficient (Wildman–Crippen LogP) is 5.10. The standard InChI is InChI=1S/C18H21BrFN/c1-4-21-18(16-8-5-12(2)9-13(16)3)10-14-6-7-15(20)11-17(14)19/h5-9,11,18,21H,4,10H2,1-3H3. The molecule has 2 aromatic carbocycles. The van der Waals surface area contributed by atoms with Gasteiger partial charge in [-0.15, -0.1) is 0 Å². The molecule has 0 aliphatic rings. The molecule has 0 radical (unpaired) electrons. The van der Waals surface area contributed by atoms with Crippen LogP contribution in [-0.2, 0) is 6.42 Å². The monoisotopic (exact) mass is 349 g/mol. The van der Waals surface area contributed by atoms with Crippen LogP contribution >= 0.6 is 15.9 Å². The lowest BCUT2D eigenvalue weighted by molar-refractivity contribution is 0.545. The summed E-state index contributed by atoms with van der Waals surface area (Å²) in [5, 5.41) is 3.53. The molecule has 0 bridgehead atoms. The molecular formula is C18H21BrFN. The highest BCUT2D eigenvalue weighted by atomic mass is 79.9. The zero-order chi connectivity index (χ0) is 15.4. The first-order chi connectivity index (χ1) is 10.0. The molecule has 1 nitrogen and oxygen atoms in total. The van der Waals surface area contributed by atoms with Crippen molar-refractivity contribution in [3.8, 4) is 0 Å². The Balaban J connectivity index is 2.30. The second-order valence-electron chi connectivity index (χ2n) is 5.41. The largest absolute Gasteiger partial charge is 0.310 e. The lowest BCUT2D eigenvalue weighted by atomic mass is 9.94. The van der Waals surface area contributed by atoms with Gasteiger partial charge in [-0.25, -0.2) is 4.39 Å². The van der Waals surface area contributed by atoms with Crippen LogP contribution in [-0.4, -0.2) is 6.54 Å². The minimum Gasteiger partial charge on any atom is -0.310 e. The summed E-state index contributed by atoms with van der Waals surface area (Å²) in [5.41, 5.74) is 4.98. The van der Waals surface area contributed by atoms with Gasteiger partial charge in [0, 0.05) is 10.5 Å². The van der Waals surface area contributed by atoms with Crippen LogP contribution < -0.4 is 5.32 Å². The first-order valence-corrected chi connectivity index (χ1v) is 8.05. The molecule has 0 spiro atoms. The van der Waals surface area contributed by atoms with Crippen LogP contribution in [0.25, 0.3) is 0 Å². The normalized spacial score (nSPS) is 12.4. The van der Waals surface area contributed by atoms with Crippen LogP contribution in [0.1, 0.15) is 35.2 Å². The van der Waals surface area contributed by atoms with Crippen LogP contribution in [0.3, 0.4) is 0 Å². The Kier molecular flexibility index (Phi) is 5.54. The third-order valence-electron chi connectivity index (χ3n) is 3.69. The molecule has 0 amide bonds. The number of nitrogens with one attached hydrogen (secondary N) is 1. The zero-order valence-corrected chi connectivity index (χ0v) is 14.3. The fourth-order valence-electron chi connectivity index (χ4n) is 2.66. The number of aryl methyl sites for hydroxylation is 2. The summed E-state index contributed by atoms with van der Waals surface area (Å²) >= 11 is 3.46. The third-order valence-corrected chi connectivity index (χ3v) is 4.43. The van der Waals surface area contributed by atoms with Gasteiger partial charge < -0.3 is 5.32 Å². The van der Waals surface area contributed by atoms with Gasteiger partial charge in [0.2, 0.25) is 0 Å². The van der Waals surface area contributed by atoms with E-state index in [0.717, 1.165) is 23.0 Å². The smallest absolute Gasteiger partial charge is 0.124 e. The Morgan fingerprint density at radius 2 is 1.90 bits per heavy atom. The zero-order valence-electron chi connectivity index (χ0n) is 12.7. The number of halogens is 2. The summed E-state index contributed by atoms with van der Waals surface area (Å²) in [6.07, 6.45) is 0.832. The van der Waals surface area contributed by atoms with E-state index in [-0.39, 0.29) is 11.9 Å². The molecular weight excluding hydrogens is 329 g/mol. The molecule has 3 heteroatoms. The number of likely N-dealkylation sites (N-methyl/N-ethyl adjacent to an activating group) is 1. The van der Waals surface area contributed by atoms with E-state index < -0.39 is 0 Å². The van der Waals surface area contributed by atoms with E-state index in [1.165, 1.54) is 28.8 Å². The average molecular weight is 350 g/mol. The van der Waals surface area contributed by atoms with E-state index in [4.69, 9.17) is 0 Å². The fourth-order valence-corrected chi connectivity index (χ4v) is 3.17. The lowest BCUT2D eigenvalue weighted by Crippen LogP contribution is -2.24. The number of hydrogen-bond acceptors (Lipinski definition) is 1. The second-order valence-corrected chi connectivity index (χ2v) is 6.26. The van der Waals surface area contributed by atoms with Crippen molar-refractivity contribution >= 4 is 15.9 Å². The highest BCUT2D eigenvalue weighted by Crippen LogP contribution is 2.27. The molecule has 0 aromatic heterocycles. The SMILES string of the molecule is CCNC(Cc1ccc(F)cc1Br)c1ccc(C)cc1C. The summed E-state index contributed by atoms with van der Waals surface area (Å²) < 4.78 is 14.0. The van der Waals surface area contributed by atoms with Crippen LogP contribution in [0.2, 0.25) is 0 Å². The Morgan fingerprint density at radius 3 is 2.52 bits per heavy atom. The first-order valence-electron chi connectivity index (χ1n) is 7.25. The van der Waals surface area contributed by atoms with Crippen molar-refractivity contribution in [2.45, 2.75) is 33.2 Å². The van der Waals surface area contributed by atoms with Crippen molar-refractivity contribution in [2.24, 2.45) is 0 Å². The van der Waals surface area contributed by atoms with E-state index in [0.29, 0.717) is 0 Å². The molecule has 2 rings (SSSR count). The molecule has 1 N–H and O–H groups in total. The number of rotatable bonds is 5. The number of benzene rings is 2. The van der Waals surface area contributed by atoms with Gasteiger partial charge in [-0.2, -0.15) is 0 Å². The maximum Gasteiger partial charge on any atom is 0.124 e. The molecule has 0 saturated heterocycles. The van der Waals surface area contributed by atoms with Crippen molar-refractivity contribution in [1.29, 1.82) is 0 Å². The molecule has 21 heavy (non-hydrogen) atoms. The van der Waals surface area contributed by atoms with Crippen molar-refractivity contribution < 1.29 is 4.39 Å². The Morgan fingerprint density at radius 1 is 1.14 bits per heavy atom. The summed E-state index contributed by atoms with van der Waals surface area (Å²) in [6, 6.07) is 11.7. The molecule has 0 saturated carbocycles. The van der Waals surface area contributed by atoms with Crippen LogP contribution in [0.5, 0.6) is 0 Å². The Labute approximate surface area is 134 Å². The predicted molar refractivity (Wildman–Crippen MR) is 90.1 cm³/mol. The molecule has 1 atom stereocenters. The molecule has 112 valence electrons. The topological polar surface area (TPSA) is 12.0 Å². The van der Waals surface area contributed by atoms with E-state index in [1.807, 2.05) is 6.07 Å². The number of hydrogen-bond donors (Lipinski definition) is 1. The summed E-state index contributed by atoms with van der Waals surface area (Å²) in [5.74, 6) is -0.211.